The van der Waals surface area contributed by atoms with Gasteiger partial charge in [-0.2, -0.15) is 0 Å². The number of amides is 1. The summed E-state index contributed by atoms with van der Waals surface area (Å²) < 4.78 is 16.3. The summed E-state index contributed by atoms with van der Waals surface area (Å²) in [6, 6.07) is 1.52. The molecule has 84 valence electrons. The van der Waals surface area contributed by atoms with Gasteiger partial charge in [0, 0.05) is 18.1 Å². The Labute approximate surface area is 99.3 Å². The van der Waals surface area contributed by atoms with Gasteiger partial charge >= 0.3 is 0 Å². The summed E-state index contributed by atoms with van der Waals surface area (Å²) in [5, 5.41) is 6.06. The van der Waals surface area contributed by atoms with Crippen molar-refractivity contribution in [2.45, 2.75) is 11.0 Å². The average molecular weight is 287 g/mol. The fourth-order valence-electron chi connectivity index (χ4n) is 1.23. The van der Waals surface area contributed by atoms with Crippen LogP contribution in [-0.4, -0.2) is 15.6 Å². The van der Waals surface area contributed by atoms with Crippen LogP contribution in [0.2, 0.25) is 0 Å². The van der Waals surface area contributed by atoms with Crippen LogP contribution < -0.4 is 5.32 Å². The minimum Gasteiger partial charge on any atom is -0.363 e. The van der Waals surface area contributed by atoms with Crippen LogP contribution >= 0.6 is 15.9 Å². The number of carbonyl (C=O) groups excluding carboxylic acids is 1. The first-order valence-corrected chi connectivity index (χ1v) is 5.35. The monoisotopic (exact) mass is 286 g/mol. The summed E-state index contributed by atoms with van der Waals surface area (Å²) in [7, 11) is 0. The van der Waals surface area contributed by atoms with Crippen LogP contribution in [0.4, 0.5) is 10.2 Å². The zero-order valence-electron chi connectivity index (χ0n) is 8.11. The van der Waals surface area contributed by atoms with E-state index in [9.17, 15) is 9.18 Å². The van der Waals surface area contributed by atoms with Crippen LogP contribution in [-0.2, 0) is 4.79 Å². The minimum absolute atomic E-state index is 0.116. The Bertz CT molecular complexity index is 451. The largest absolute Gasteiger partial charge is 0.363 e. The Morgan fingerprint density at radius 3 is 3.06 bits per heavy atom. The van der Waals surface area contributed by atoms with Gasteiger partial charge in [0.25, 0.3) is 5.91 Å². The molecular formula is C10H8BrFN2O2. The zero-order valence-corrected chi connectivity index (χ0v) is 9.70. The SMILES string of the molecule is O=C(Nc1ccon1)C1=CCC(F)(Br)C=C1. The van der Waals surface area contributed by atoms with Gasteiger partial charge in [-0.05, 0) is 28.1 Å². The second-order valence-electron chi connectivity index (χ2n) is 3.30. The van der Waals surface area contributed by atoms with Crippen LogP contribution in [0.15, 0.2) is 40.7 Å². The first-order valence-electron chi connectivity index (χ1n) is 4.56. The van der Waals surface area contributed by atoms with E-state index in [0.717, 1.165) is 0 Å². The molecule has 0 fully saturated rings. The second-order valence-corrected chi connectivity index (χ2v) is 4.62. The van der Waals surface area contributed by atoms with Crippen LogP contribution in [0.3, 0.4) is 0 Å². The fraction of sp³-hybridized carbons (Fsp3) is 0.200. The summed E-state index contributed by atoms with van der Waals surface area (Å²) >= 11 is 2.87. The van der Waals surface area contributed by atoms with Crippen molar-refractivity contribution in [3.8, 4) is 0 Å². The molecular weight excluding hydrogens is 279 g/mol. The Balaban J connectivity index is 2.02. The number of nitrogens with one attached hydrogen (secondary N) is 1. The molecule has 0 spiro atoms. The number of nitrogens with zero attached hydrogens (tertiary/aromatic N) is 1. The van der Waals surface area contributed by atoms with E-state index in [1.54, 1.807) is 0 Å². The quantitative estimate of drug-likeness (QED) is 0.850. The van der Waals surface area contributed by atoms with Gasteiger partial charge in [-0.15, -0.1) is 0 Å². The van der Waals surface area contributed by atoms with Crippen LogP contribution in [0, 0.1) is 0 Å². The molecule has 0 saturated carbocycles. The summed E-state index contributed by atoms with van der Waals surface area (Å²) in [6.07, 6.45) is 5.71. The third-order valence-electron chi connectivity index (χ3n) is 2.04. The van der Waals surface area contributed by atoms with E-state index in [1.807, 2.05) is 0 Å². The lowest BCUT2D eigenvalue weighted by atomic mass is 10.1. The molecule has 0 saturated heterocycles. The van der Waals surface area contributed by atoms with Gasteiger partial charge < -0.3 is 9.84 Å². The number of rotatable bonds is 2. The Hall–Kier alpha value is -1.43. The summed E-state index contributed by atoms with van der Waals surface area (Å²) in [5.41, 5.74) is 0.399. The van der Waals surface area contributed by atoms with Crippen molar-refractivity contribution in [1.29, 1.82) is 0 Å². The maximum atomic E-state index is 13.3. The molecule has 6 heteroatoms. The maximum Gasteiger partial charge on any atom is 0.256 e. The smallest absolute Gasteiger partial charge is 0.256 e. The van der Waals surface area contributed by atoms with Crippen LogP contribution in [0.1, 0.15) is 6.42 Å². The second kappa shape index (κ2) is 4.21. The van der Waals surface area contributed by atoms with Crippen molar-refractivity contribution >= 4 is 27.7 Å². The van der Waals surface area contributed by atoms with E-state index in [0.29, 0.717) is 11.4 Å². The third-order valence-corrected chi connectivity index (χ3v) is 2.63. The third kappa shape index (κ3) is 2.57. The zero-order chi connectivity index (χ0) is 11.6. The van der Waals surface area contributed by atoms with E-state index < -0.39 is 4.58 Å². The van der Waals surface area contributed by atoms with E-state index >= 15 is 0 Å². The number of halogens is 2. The first kappa shape index (κ1) is 11.1. The molecule has 1 aliphatic carbocycles. The van der Waals surface area contributed by atoms with Gasteiger partial charge in [-0.1, -0.05) is 11.2 Å². The number of carbonyl (C=O) groups is 1. The highest BCUT2D eigenvalue weighted by molar-refractivity contribution is 9.10. The van der Waals surface area contributed by atoms with Crippen molar-refractivity contribution in [2.75, 3.05) is 5.32 Å². The standard InChI is InChI=1S/C10H8BrFN2O2/c11-10(12)4-1-7(2-5-10)9(15)13-8-3-6-16-14-8/h1-4,6H,5H2,(H,13,14,15). The highest BCUT2D eigenvalue weighted by Crippen LogP contribution is 2.31. The van der Waals surface area contributed by atoms with Crippen molar-refractivity contribution in [3.05, 3.63) is 36.1 Å². The topological polar surface area (TPSA) is 55.1 Å². The number of alkyl halides is 2. The van der Waals surface area contributed by atoms with Gasteiger partial charge in [0.05, 0.1) is 0 Å². The molecule has 0 radical (unpaired) electrons. The summed E-state index contributed by atoms with van der Waals surface area (Å²) in [6.45, 7) is 0. The number of hydrogen-bond acceptors (Lipinski definition) is 3. The molecule has 1 aromatic rings. The lowest BCUT2D eigenvalue weighted by Gasteiger charge is -2.16. The van der Waals surface area contributed by atoms with Gasteiger partial charge in [0.15, 0.2) is 10.4 Å². The Kier molecular flexibility index (Phi) is 2.91. The van der Waals surface area contributed by atoms with Crippen molar-refractivity contribution in [1.82, 2.24) is 5.16 Å². The van der Waals surface area contributed by atoms with Gasteiger partial charge in [-0.25, -0.2) is 4.39 Å². The van der Waals surface area contributed by atoms with E-state index in [4.69, 9.17) is 0 Å². The lowest BCUT2D eigenvalue weighted by molar-refractivity contribution is -0.112. The lowest BCUT2D eigenvalue weighted by Crippen LogP contribution is -2.18. The predicted octanol–water partition coefficient (Wildman–Crippen LogP) is 2.56. The minimum atomic E-state index is -1.55. The summed E-state index contributed by atoms with van der Waals surface area (Å²) in [4.78, 5) is 11.6. The van der Waals surface area contributed by atoms with E-state index in [2.05, 4.69) is 30.9 Å². The van der Waals surface area contributed by atoms with Gasteiger partial charge in [0.2, 0.25) is 0 Å². The molecule has 4 nitrogen and oxygen atoms in total. The number of anilines is 1. The molecule has 0 aliphatic heterocycles. The van der Waals surface area contributed by atoms with E-state index in [-0.39, 0.29) is 12.3 Å². The number of allylic oxidation sites excluding steroid dienone is 2. The highest BCUT2D eigenvalue weighted by atomic mass is 79.9. The highest BCUT2D eigenvalue weighted by Gasteiger charge is 2.25. The molecule has 1 aliphatic rings. The first-order chi connectivity index (χ1) is 7.57. The molecule has 1 aromatic heterocycles. The molecule has 1 atom stereocenters. The van der Waals surface area contributed by atoms with Crippen molar-refractivity contribution < 1.29 is 13.7 Å². The summed E-state index contributed by atoms with van der Waals surface area (Å²) in [5.74, 6) is -0.0108. The molecule has 16 heavy (non-hydrogen) atoms. The number of hydrogen-bond donors (Lipinski definition) is 1. The molecule has 0 bridgehead atoms. The van der Waals surface area contributed by atoms with Crippen LogP contribution in [0.5, 0.6) is 0 Å². The molecule has 2 rings (SSSR count). The molecule has 1 heterocycles. The Morgan fingerprint density at radius 1 is 1.69 bits per heavy atom. The molecule has 0 aromatic carbocycles. The normalized spacial score (nSPS) is 24.0. The molecule has 1 N–H and O–H groups in total. The predicted molar refractivity (Wildman–Crippen MR) is 59.7 cm³/mol. The molecule has 1 unspecified atom stereocenters. The van der Waals surface area contributed by atoms with Gasteiger partial charge in [-0.3, -0.25) is 4.79 Å². The van der Waals surface area contributed by atoms with E-state index in [1.165, 1.54) is 30.6 Å². The average Bonchev–Trinajstić information content (AvgIpc) is 2.70. The van der Waals surface area contributed by atoms with Gasteiger partial charge in [0.1, 0.15) is 6.26 Å². The maximum absolute atomic E-state index is 13.3. The molecule has 1 amide bonds. The van der Waals surface area contributed by atoms with Crippen molar-refractivity contribution in [3.63, 3.8) is 0 Å². The Morgan fingerprint density at radius 2 is 2.50 bits per heavy atom. The van der Waals surface area contributed by atoms with Crippen molar-refractivity contribution in [2.24, 2.45) is 0 Å². The number of aromatic nitrogens is 1. The fourth-order valence-corrected chi connectivity index (χ4v) is 1.52. The van der Waals surface area contributed by atoms with Crippen LogP contribution in [0.25, 0.3) is 0 Å².